The van der Waals surface area contributed by atoms with E-state index in [1.165, 1.54) is 0 Å². The molecular formula is C11H24NO2P. The largest absolute Gasteiger partial charge is 0.317 e. The third-order valence-electron chi connectivity index (χ3n) is 2.62. The Labute approximate surface area is 93.7 Å². The van der Waals surface area contributed by atoms with Crippen molar-refractivity contribution in [2.24, 2.45) is 5.92 Å². The van der Waals surface area contributed by atoms with Crippen LogP contribution in [0.3, 0.4) is 0 Å². The summed E-state index contributed by atoms with van der Waals surface area (Å²) < 4.78 is 20.5. The molecule has 1 heterocycles. The molecule has 0 amide bonds. The summed E-state index contributed by atoms with van der Waals surface area (Å²) in [6.07, 6.45) is 0.993. The lowest BCUT2D eigenvalue weighted by atomic mass is 10.2. The van der Waals surface area contributed by atoms with Crippen LogP contribution in [0.5, 0.6) is 0 Å². The van der Waals surface area contributed by atoms with Crippen LogP contribution in [-0.4, -0.2) is 29.5 Å². The molecule has 0 aromatic carbocycles. The smallest absolute Gasteiger partial charge is 0.277 e. The van der Waals surface area contributed by atoms with E-state index in [9.17, 15) is 4.57 Å². The standard InChI is InChI=1S/C11H24NO2P/c1-10(2)9-12-7-6-8-14-15(12,13)11(3,4)5/h10H,6-9H2,1-5H3/t15-/m1/s1. The van der Waals surface area contributed by atoms with Crippen LogP contribution in [0.1, 0.15) is 41.0 Å². The lowest BCUT2D eigenvalue weighted by Gasteiger charge is -2.42. The van der Waals surface area contributed by atoms with Crippen molar-refractivity contribution in [1.29, 1.82) is 0 Å². The highest BCUT2D eigenvalue weighted by Crippen LogP contribution is 2.63. The normalized spacial score (nSPS) is 29.7. The monoisotopic (exact) mass is 233 g/mol. The molecule has 1 rings (SSSR count). The Morgan fingerprint density at radius 1 is 1.40 bits per heavy atom. The SMILES string of the molecule is CC(C)CN1CCCO[P@]1(=O)C(C)(C)C. The molecule has 0 radical (unpaired) electrons. The molecule has 1 fully saturated rings. The van der Waals surface area contributed by atoms with Crippen molar-refractivity contribution in [3.05, 3.63) is 0 Å². The van der Waals surface area contributed by atoms with Crippen LogP contribution in [-0.2, 0) is 9.09 Å². The fourth-order valence-corrected chi connectivity index (χ4v) is 4.61. The molecule has 15 heavy (non-hydrogen) atoms. The molecule has 0 N–H and O–H groups in total. The number of nitrogens with zero attached hydrogens (tertiary/aromatic N) is 1. The third kappa shape index (κ3) is 2.83. The number of hydrogen-bond acceptors (Lipinski definition) is 2. The van der Waals surface area contributed by atoms with E-state index < -0.39 is 7.52 Å². The Morgan fingerprint density at radius 3 is 2.47 bits per heavy atom. The molecule has 0 aliphatic carbocycles. The van der Waals surface area contributed by atoms with Gasteiger partial charge in [-0.05, 0) is 33.1 Å². The van der Waals surface area contributed by atoms with Gasteiger partial charge in [0.2, 0.25) is 0 Å². The molecule has 1 aliphatic rings. The highest BCUT2D eigenvalue weighted by Gasteiger charge is 2.45. The van der Waals surface area contributed by atoms with E-state index in [1.807, 2.05) is 20.8 Å². The van der Waals surface area contributed by atoms with Crippen molar-refractivity contribution in [1.82, 2.24) is 4.67 Å². The lowest BCUT2D eigenvalue weighted by Crippen LogP contribution is -2.38. The van der Waals surface area contributed by atoms with Gasteiger partial charge >= 0.3 is 0 Å². The minimum atomic E-state index is -2.63. The van der Waals surface area contributed by atoms with Crippen molar-refractivity contribution in [2.75, 3.05) is 19.7 Å². The zero-order valence-electron chi connectivity index (χ0n) is 10.6. The van der Waals surface area contributed by atoms with Gasteiger partial charge in [-0.1, -0.05) is 13.8 Å². The summed E-state index contributed by atoms with van der Waals surface area (Å²) in [5.41, 5.74) is 0. The first kappa shape index (κ1) is 13.2. The molecule has 0 aromatic heterocycles. The van der Waals surface area contributed by atoms with E-state index >= 15 is 0 Å². The summed E-state index contributed by atoms with van der Waals surface area (Å²) in [6.45, 7) is 12.7. The number of rotatable bonds is 2. The van der Waals surface area contributed by atoms with Gasteiger partial charge in [0.05, 0.1) is 11.8 Å². The molecule has 4 heteroatoms. The van der Waals surface area contributed by atoms with Crippen molar-refractivity contribution < 1.29 is 9.09 Å². The van der Waals surface area contributed by atoms with Gasteiger partial charge in [0.25, 0.3) is 7.52 Å². The fourth-order valence-electron chi connectivity index (χ4n) is 1.89. The molecule has 0 bridgehead atoms. The predicted molar refractivity (Wildman–Crippen MR) is 64.3 cm³/mol. The first-order chi connectivity index (χ1) is 6.77. The lowest BCUT2D eigenvalue weighted by molar-refractivity contribution is 0.184. The molecule has 90 valence electrons. The summed E-state index contributed by atoms with van der Waals surface area (Å²) in [4.78, 5) is 0. The van der Waals surface area contributed by atoms with Crippen LogP contribution < -0.4 is 0 Å². The quantitative estimate of drug-likeness (QED) is 0.685. The fraction of sp³-hybridized carbons (Fsp3) is 1.00. The molecule has 1 aliphatic heterocycles. The molecule has 0 unspecified atom stereocenters. The van der Waals surface area contributed by atoms with E-state index in [-0.39, 0.29) is 5.16 Å². The first-order valence-corrected chi connectivity index (χ1v) is 7.35. The molecular weight excluding hydrogens is 209 g/mol. The van der Waals surface area contributed by atoms with E-state index in [0.717, 1.165) is 19.5 Å². The second kappa shape index (κ2) is 4.57. The molecule has 0 saturated carbocycles. The van der Waals surface area contributed by atoms with Crippen molar-refractivity contribution in [3.8, 4) is 0 Å². The highest BCUT2D eigenvalue weighted by atomic mass is 31.2. The van der Waals surface area contributed by atoms with Gasteiger partial charge in [-0.25, -0.2) is 4.67 Å². The summed E-state index contributed by atoms with van der Waals surface area (Å²) >= 11 is 0. The van der Waals surface area contributed by atoms with Gasteiger partial charge in [0.15, 0.2) is 0 Å². The Bertz CT molecular complexity index is 258. The van der Waals surface area contributed by atoms with Gasteiger partial charge in [-0.15, -0.1) is 0 Å². The summed E-state index contributed by atoms with van der Waals surface area (Å²) in [5, 5.41) is -0.275. The average molecular weight is 233 g/mol. The van der Waals surface area contributed by atoms with Crippen molar-refractivity contribution in [2.45, 2.75) is 46.2 Å². The maximum atomic E-state index is 12.8. The highest BCUT2D eigenvalue weighted by molar-refractivity contribution is 7.58. The third-order valence-corrected chi connectivity index (χ3v) is 5.96. The van der Waals surface area contributed by atoms with E-state index in [0.29, 0.717) is 12.5 Å². The van der Waals surface area contributed by atoms with Gasteiger partial charge in [0.1, 0.15) is 0 Å². The maximum Gasteiger partial charge on any atom is 0.277 e. The summed E-state index contributed by atoms with van der Waals surface area (Å²) in [7, 11) is -2.63. The molecule has 3 nitrogen and oxygen atoms in total. The second-order valence-corrected chi connectivity index (χ2v) is 8.89. The van der Waals surface area contributed by atoms with Gasteiger partial charge in [0, 0.05) is 13.1 Å². The summed E-state index contributed by atoms with van der Waals surface area (Å²) in [5.74, 6) is 0.530. The van der Waals surface area contributed by atoms with Gasteiger partial charge < -0.3 is 4.52 Å². The van der Waals surface area contributed by atoms with Crippen LogP contribution in [0.15, 0.2) is 0 Å². The second-order valence-electron chi connectivity index (χ2n) is 5.68. The van der Waals surface area contributed by atoms with Crippen molar-refractivity contribution in [3.63, 3.8) is 0 Å². The Balaban J connectivity index is 2.87. The number of hydrogen-bond donors (Lipinski definition) is 0. The Morgan fingerprint density at radius 2 is 2.00 bits per heavy atom. The Kier molecular flexibility index (Phi) is 4.02. The van der Waals surface area contributed by atoms with E-state index in [4.69, 9.17) is 4.52 Å². The van der Waals surface area contributed by atoms with Gasteiger partial charge in [-0.2, -0.15) is 0 Å². The first-order valence-electron chi connectivity index (χ1n) is 5.77. The minimum absolute atomic E-state index is 0.275. The predicted octanol–water partition coefficient (Wildman–Crippen LogP) is 3.36. The van der Waals surface area contributed by atoms with Crippen LogP contribution in [0.25, 0.3) is 0 Å². The van der Waals surface area contributed by atoms with Crippen LogP contribution in [0.4, 0.5) is 0 Å². The zero-order chi connectivity index (χ0) is 11.7. The van der Waals surface area contributed by atoms with Gasteiger partial charge in [-0.3, -0.25) is 4.57 Å². The molecule has 0 spiro atoms. The van der Waals surface area contributed by atoms with E-state index in [2.05, 4.69) is 18.5 Å². The average Bonchev–Trinajstić information content (AvgIpc) is 2.06. The van der Waals surface area contributed by atoms with Crippen molar-refractivity contribution >= 4 is 7.52 Å². The molecule has 1 atom stereocenters. The van der Waals surface area contributed by atoms with Crippen LogP contribution in [0, 0.1) is 5.92 Å². The zero-order valence-corrected chi connectivity index (χ0v) is 11.5. The van der Waals surface area contributed by atoms with Crippen LogP contribution >= 0.6 is 7.52 Å². The summed E-state index contributed by atoms with van der Waals surface area (Å²) in [6, 6.07) is 0. The van der Waals surface area contributed by atoms with E-state index in [1.54, 1.807) is 0 Å². The molecule has 0 aromatic rings. The maximum absolute atomic E-state index is 12.8. The minimum Gasteiger partial charge on any atom is -0.317 e. The van der Waals surface area contributed by atoms with Crippen LogP contribution in [0.2, 0.25) is 0 Å². The molecule has 1 saturated heterocycles. The topological polar surface area (TPSA) is 29.5 Å². The Hall–Kier alpha value is 0.150.